The Balaban J connectivity index is 1.50. The van der Waals surface area contributed by atoms with Crippen LogP contribution in [0.4, 0.5) is 14.9 Å². The lowest BCUT2D eigenvalue weighted by Gasteiger charge is -2.41. The number of hydrogen-bond donors (Lipinski definition) is 0. The predicted octanol–water partition coefficient (Wildman–Crippen LogP) is 4.08. The third-order valence-electron chi connectivity index (χ3n) is 5.35. The molecule has 2 saturated heterocycles. The standard InChI is InChI=1S/C21H24FN3O/c22-18-9-11-19(12-10-18)23-14-15-25(21(23)26)24-13-5-4-8-20(24)16-17-6-2-1-3-7-17/h1-3,6-7,9-12,20H,4-5,8,13-16H2. The van der Waals surface area contributed by atoms with E-state index in [0.717, 1.165) is 31.5 Å². The molecule has 0 aliphatic carbocycles. The van der Waals surface area contributed by atoms with E-state index < -0.39 is 0 Å². The molecule has 0 saturated carbocycles. The zero-order valence-corrected chi connectivity index (χ0v) is 14.9. The molecule has 1 unspecified atom stereocenters. The molecular weight excluding hydrogens is 329 g/mol. The van der Waals surface area contributed by atoms with Gasteiger partial charge >= 0.3 is 6.03 Å². The quantitative estimate of drug-likeness (QED) is 0.828. The van der Waals surface area contributed by atoms with Crippen molar-refractivity contribution in [2.45, 2.75) is 31.7 Å². The third kappa shape index (κ3) is 3.44. The molecule has 2 heterocycles. The molecule has 0 aromatic heterocycles. The molecule has 0 spiro atoms. The van der Waals surface area contributed by atoms with Crippen molar-refractivity contribution in [3.05, 3.63) is 66.0 Å². The van der Waals surface area contributed by atoms with Crippen molar-refractivity contribution in [2.24, 2.45) is 0 Å². The first-order valence-electron chi connectivity index (χ1n) is 9.37. The lowest BCUT2D eigenvalue weighted by molar-refractivity contribution is -0.0289. The van der Waals surface area contributed by atoms with Gasteiger partial charge in [-0.3, -0.25) is 9.91 Å². The Morgan fingerprint density at radius 2 is 1.69 bits per heavy atom. The van der Waals surface area contributed by atoms with Crippen LogP contribution in [-0.2, 0) is 6.42 Å². The van der Waals surface area contributed by atoms with Crippen LogP contribution >= 0.6 is 0 Å². The van der Waals surface area contributed by atoms with E-state index in [-0.39, 0.29) is 11.8 Å². The van der Waals surface area contributed by atoms with Crippen LogP contribution in [0.1, 0.15) is 24.8 Å². The number of amides is 2. The number of carbonyl (C=O) groups is 1. The highest BCUT2D eigenvalue weighted by Gasteiger charge is 2.37. The molecule has 2 aliphatic rings. The van der Waals surface area contributed by atoms with E-state index >= 15 is 0 Å². The SMILES string of the molecule is O=C1N(c2ccc(F)cc2)CCN1N1CCCCC1Cc1ccccc1. The first kappa shape index (κ1) is 17.0. The van der Waals surface area contributed by atoms with Crippen LogP contribution in [0.25, 0.3) is 0 Å². The van der Waals surface area contributed by atoms with Gasteiger partial charge in [-0.25, -0.2) is 14.2 Å². The number of rotatable bonds is 4. The second-order valence-electron chi connectivity index (χ2n) is 7.04. The van der Waals surface area contributed by atoms with Crippen molar-refractivity contribution >= 4 is 11.7 Å². The fourth-order valence-electron chi connectivity index (χ4n) is 4.02. The predicted molar refractivity (Wildman–Crippen MR) is 100 cm³/mol. The first-order valence-corrected chi connectivity index (χ1v) is 9.37. The van der Waals surface area contributed by atoms with E-state index in [1.165, 1.54) is 24.1 Å². The summed E-state index contributed by atoms with van der Waals surface area (Å²) in [6.07, 6.45) is 4.39. The summed E-state index contributed by atoms with van der Waals surface area (Å²) in [4.78, 5) is 14.7. The van der Waals surface area contributed by atoms with Gasteiger partial charge in [0.15, 0.2) is 0 Å². The number of nitrogens with zero attached hydrogens (tertiary/aromatic N) is 3. The minimum Gasteiger partial charge on any atom is -0.291 e. The summed E-state index contributed by atoms with van der Waals surface area (Å²) in [6.45, 7) is 2.24. The zero-order valence-electron chi connectivity index (χ0n) is 14.9. The number of urea groups is 1. The van der Waals surface area contributed by atoms with Crippen LogP contribution in [-0.4, -0.2) is 41.7 Å². The molecule has 5 heteroatoms. The molecule has 2 amide bonds. The Morgan fingerprint density at radius 1 is 0.923 bits per heavy atom. The molecule has 4 nitrogen and oxygen atoms in total. The Labute approximate surface area is 153 Å². The molecule has 2 fully saturated rings. The van der Waals surface area contributed by atoms with Crippen molar-refractivity contribution < 1.29 is 9.18 Å². The Bertz CT molecular complexity index is 750. The van der Waals surface area contributed by atoms with E-state index in [1.807, 2.05) is 11.1 Å². The van der Waals surface area contributed by atoms with Crippen molar-refractivity contribution in [3.8, 4) is 0 Å². The third-order valence-corrected chi connectivity index (χ3v) is 5.35. The fraction of sp³-hybridized carbons (Fsp3) is 0.381. The normalized spacial score (nSPS) is 21.4. The Morgan fingerprint density at radius 3 is 2.46 bits per heavy atom. The summed E-state index contributed by atoms with van der Waals surface area (Å²) >= 11 is 0. The smallest absolute Gasteiger partial charge is 0.291 e. The molecule has 0 radical (unpaired) electrons. The fourth-order valence-corrected chi connectivity index (χ4v) is 4.02. The average molecular weight is 353 g/mol. The van der Waals surface area contributed by atoms with Gasteiger partial charge in [0.2, 0.25) is 0 Å². The number of benzene rings is 2. The number of hydrazine groups is 1. The molecule has 0 bridgehead atoms. The van der Waals surface area contributed by atoms with E-state index in [0.29, 0.717) is 19.1 Å². The van der Waals surface area contributed by atoms with Crippen molar-refractivity contribution in [2.75, 3.05) is 24.5 Å². The van der Waals surface area contributed by atoms with Crippen LogP contribution in [0.3, 0.4) is 0 Å². The maximum absolute atomic E-state index is 13.2. The van der Waals surface area contributed by atoms with Gasteiger partial charge in [0.25, 0.3) is 0 Å². The summed E-state index contributed by atoms with van der Waals surface area (Å²) in [5.74, 6) is -0.281. The van der Waals surface area contributed by atoms with Gasteiger partial charge in [-0.1, -0.05) is 36.8 Å². The average Bonchev–Trinajstić information content (AvgIpc) is 3.05. The monoisotopic (exact) mass is 353 g/mol. The summed E-state index contributed by atoms with van der Waals surface area (Å²) < 4.78 is 13.2. The molecule has 0 N–H and O–H groups in total. The first-order chi connectivity index (χ1) is 12.7. The molecular formula is C21H24FN3O. The summed E-state index contributed by atoms with van der Waals surface area (Å²) in [6, 6.07) is 17.0. The van der Waals surface area contributed by atoms with Gasteiger partial charge in [0, 0.05) is 24.8 Å². The second-order valence-corrected chi connectivity index (χ2v) is 7.04. The van der Waals surface area contributed by atoms with E-state index in [2.05, 4.69) is 29.3 Å². The summed E-state index contributed by atoms with van der Waals surface area (Å²) in [5, 5.41) is 4.17. The van der Waals surface area contributed by atoms with Crippen LogP contribution in [0.15, 0.2) is 54.6 Å². The lowest BCUT2D eigenvalue weighted by Crippen LogP contribution is -2.53. The minimum atomic E-state index is -0.281. The lowest BCUT2D eigenvalue weighted by atomic mass is 9.97. The highest BCUT2D eigenvalue weighted by molar-refractivity contribution is 5.93. The Hall–Kier alpha value is -2.40. The molecule has 2 aliphatic heterocycles. The topological polar surface area (TPSA) is 26.8 Å². The maximum Gasteiger partial charge on any atom is 0.339 e. The largest absolute Gasteiger partial charge is 0.339 e. The molecule has 4 rings (SSSR count). The number of piperidine rings is 1. The van der Waals surface area contributed by atoms with Crippen molar-refractivity contribution in [1.82, 2.24) is 10.0 Å². The van der Waals surface area contributed by atoms with Crippen LogP contribution in [0.5, 0.6) is 0 Å². The molecule has 26 heavy (non-hydrogen) atoms. The zero-order chi connectivity index (χ0) is 17.9. The van der Waals surface area contributed by atoms with Gasteiger partial charge in [-0.15, -0.1) is 0 Å². The van der Waals surface area contributed by atoms with Crippen LogP contribution in [0, 0.1) is 5.82 Å². The Kier molecular flexibility index (Phi) is 4.89. The number of carbonyl (C=O) groups excluding carboxylic acids is 1. The minimum absolute atomic E-state index is 0.00318. The molecule has 2 aromatic carbocycles. The summed E-state index contributed by atoms with van der Waals surface area (Å²) in [7, 11) is 0. The van der Waals surface area contributed by atoms with Gasteiger partial charge in [0.05, 0.1) is 6.54 Å². The molecule has 136 valence electrons. The number of anilines is 1. The number of halogens is 1. The maximum atomic E-state index is 13.2. The van der Waals surface area contributed by atoms with Gasteiger partial charge < -0.3 is 0 Å². The van der Waals surface area contributed by atoms with Gasteiger partial charge in [-0.2, -0.15) is 0 Å². The second kappa shape index (κ2) is 7.46. The highest BCUT2D eigenvalue weighted by Crippen LogP contribution is 2.27. The molecule has 1 atom stereocenters. The van der Waals surface area contributed by atoms with Gasteiger partial charge in [-0.05, 0) is 49.1 Å². The van der Waals surface area contributed by atoms with Gasteiger partial charge in [0.1, 0.15) is 5.82 Å². The van der Waals surface area contributed by atoms with Crippen molar-refractivity contribution in [1.29, 1.82) is 0 Å². The van der Waals surface area contributed by atoms with Crippen LogP contribution < -0.4 is 4.90 Å². The van der Waals surface area contributed by atoms with E-state index in [4.69, 9.17) is 0 Å². The molecule has 2 aromatic rings. The van der Waals surface area contributed by atoms with E-state index in [9.17, 15) is 9.18 Å². The number of hydrogen-bond acceptors (Lipinski definition) is 2. The summed E-state index contributed by atoms with van der Waals surface area (Å²) in [5.41, 5.74) is 2.07. The van der Waals surface area contributed by atoms with E-state index in [1.54, 1.807) is 17.0 Å². The van der Waals surface area contributed by atoms with Crippen LogP contribution in [0.2, 0.25) is 0 Å². The van der Waals surface area contributed by atoms with Crippen molar-refractivity contribution in [3.63, 3.8) is 0 Å². The highest BCUT2D eigenvalue weighted by atomic mass is 19.1.